The van der Waals surface area contributed by atoms with Crippen molar-refractivity contribution in [2.75, 3.05) is 13.1 Å². The summed E-state index contributed by atoms with van der Waals surface area (Å²) in [4.78, 5) is 35.1. The van der Waals surface area contributed by atoms with Crippen LogP contribution in [0.3, 0.4) is 0 Å². The van der Waals surface area contributed by atoms with Gasteiger partial charge in [-0.25, -0.2) is 4.79 Å². The Bertz CT molecular complexity index is 344. The molecule has 0 aromatic heterocycles. The highest BCUT2D eigenvalue weighted by molar-refractivity contribution is 6.00. The lowest BCUT2D eigenvalue weighted by Gasteiger charge is -2.31. The highest BCUT2D eigenvalue weighted by Crippen LogP contribution is 2.17. The summed E-state index contributed by atoms with van der Waals surface area (Å²) in [7, 11) is 0. The average molecular weight is 243 g/mol. The Hall–Kier alpha value is -1.59. The Morgan fingerprint density at radius 2 is 2.00 bits per heavy atom. The van der Waals surface area contributed by atoms with E-state index in [0.717, 1.165) is 0 Å². The molecule has 6 nitrogen and oxygen atoms in total. The number of amides is 1. The number of hydrogen-bond acceptors (Lipinski definition) is 4. The molecular formula is C11H17NO5. The zero-order valence-corrected chi connectivity index (χ0v) is 10.2. The van der Waals surface area contributed by atoms with Crippen molar-refractivity contribution in [3.8, 4) is 0 Å². The largest absolute Gasteiger partial charge is 0.481 e. The molecule has 1 N–H and O–H groups in total. The number of carboxylic acid groups (broad SMARTS) is 1. The number of ketones is 1. The molecule has 1 saturated heterocycles. The van der Waals surface area contributed by atoms with Crippen LogP contribution in [0.15, 0.2) is 0 Å². The summed E-state index contributed by atoms with van der Waals surface area (Å²) in [6.07, 6.45) is -0.428. The lowest BCUT2D eigenvalue weighted by Crippen LogP contribution is -2.47. The Kier molecular flexibility index (Phi) is 3.75. The molecule has 0 bridgehead atoms. The number of likely N-dealkylation sites (tertiary alicyclic amines) is 1. The van der Waals surface area contributed by atoms with Crippen molar-refractivity contribution in [1.29, 1.82) is 0 Å². The molecule has 1 amide bonds. The summed E-state index contributed by atoms with van der Waals surface area (Å²) in [6, 6.07) is 0. The van der Waals surface area contributed by atoms with Crippen LogP contribution in [0.1, 0.15) is 27.2 Å². The van der Waals surface area contributed by atoms with Crippen molar-refractivity contribution in [2.24, 2.45) is 5.92 Å². The zero-order chi connectivity index (χ0) is 13.2. The van der Waals surface area contributed by atoms with E-state index in [-0.39, 0.29) is 19.5 Å². The van der Waals surface area contributed by atoms with Crippen LogP contribution in [0.2, 0.25) is 0 Å². The first-order chi connectivity index (χ1) is 7.70. The number of carbonyl (C=O) groups is 3. The molecule has 0 radical (unpaired) electrons. The lowest BCUT2D eigenvalue weighted by molar-refractivity contribution is -0.148. The molecule has 1 rings (SSSR count). The molecule has 1 atom stereocenters. The number of piperidine rings is 1. The fourth-order valence-corrected chi connectivity index (χ4v) is 1.57. The molecule has 0 aliphatic carbocycles. The van der Waals surface area contributed by atoms with E-state index in [0.29, 0.717) is 0 Å². The SMILES string of the molecule is CC(C)(C)OC(=O)N1CCC(C(=O)O)C(=O)C1. The maximum atomic E-state index is 11.6. The summed E-state index contributed by atoms with van der Waals surface area (Å²) in [5.41, 5.74) is -0.621. The van der Waals surface area contributed by atoms with Gasteiger partial charge in [-0.05, 0) is 27.2 Å². The molecule has 17 heavy (non-hydrogen) atoms. The van der Waals surface area contributed by atoms with Crippen LogP contribution in [-0.4, -0.2) is 46.5 Å². The quantitative estimate of drug-likeness (QED) is 0.691. The first-order valence-corrected chi connectivity index (χ1v) is 5.44. The highest BCUT2D eigenvalue weighted by atomic mass is 16.6. The molecule has 0 spiro atoms. The standard InChI is InChI=1S/C11H17NO5/c1-11(2,3)17-10(16)12-5-4-7(9(14)15)8(13)6-12/h7H,4-6H2,1-3H3,(H,14,15). The van der Waals surface area contributed by atoms with Crippen LogP contribution < -0.4 is 0 Å². The predicted molar refractivity (Wildman–Crippen MR) is 58.6 cm³/mol. The molecule has 96 valence electrons. The van der Waals surface area contributed by atoms with E-state index in [1.807, 2.05) is 0 Å². The van der Waals surface area contributed by atoms with E-state index >= 15 is 0 Å². The fraction of sp³-hybridized carbons (Fsp3) is 0.727. The van der Waals surface area contributed by atoms with Crippen LogP contribution in [0.4, 0.5) is 4.79 Å². The van der Waals surface area contributed by atoms with Gasteiger partial charge in [0.25, 0.3) is 0 Å². The third-order valence-electron chi connectivity index (χ3n) is 2.37. The van der Waals surface area contributed by atoms with Gasteiger partial charge in [0, 0.05) is 6.54 Å². The molecule has 0 aromatic rings. The van der Waals surface area contributed by atoms with E-state index in [1.165, 1.54) is 4.90 Å². The van der Waals surface area contributed by atoms with Gasteiger partial charge in [-0.3, -0.25) is 9.59 Å². The van der Waals surface area contributed by atoms with Gasteiger partial charge in [0.05, 0.1) is 6.54 Å². The summed E-state index contributed by atoms with van der Waals surface area (Å²) < 4.78 is 5.11. The van der Waals surface area contributed by atoms with Gasteiger partial charge >= 0.3 is 12.1 Å². The Morgan fingerprint density at radius 3 is 2.41 bits per heavy atom. The number of hydrogen-bond donors (Lipinski definition) is 1. The summed E-state index contributed by atoms with van der Waals surface area (Å²) >= 11 is 0. The first-order valence-electron chi connectivity index (χ1n) is 5.44. The van der Waals surface area contributed by atoms with Crippen molar-refractivity contribution in [1.82, 2.24) is 4.90 Å². The maximum Gasteiger partial charge on any atom is 0.410 e. The van der Waals surface area contributed by atoms with Crippen molar-refractivity contribution in [3.05, 3.63) is 0 Å². The van der Waals surface area contributed by atoms with Gasteiger partial charge < -0.3 is 14.7 Å². The highest BCUT2D eigenvalue weighted by Gasteiger charge is 2.35. The van der Waals surface area contributed by atoms with Gasteiger partial charge in [-0.1, -0.05) is 0 Å². The Balaban J connectivity index is 2.58. The van der Waals surface area contributed by atoms with Crippen molar-refractivity contribution >= 4 is 17.8 Å². The second kappa shape index (κ2) is 4.73. The van der Waals surface area contributed by atoms with Gasteiger partial charge in [0.2, 0.25) is 0 Å². The van der Waals surface area contributed by atoms with Gasteiger partial charge in [0.15, 0.2) is 5.78 Å². The number of ether oxygens (including phenoxy) is 1. The number of rotatable bonds is 1. The Morgan fingerprint density at radius 1 is 1.41 bits per heavy atom. The molecule has 1 fully saturated rings. The van der Waals surface area contributed by atoms with Crippen LogP contribution in [0.25, 0.3) is 0 Å². The summed E-state index contributed by atoms with van der Waals surface area (Å²) in [5, 5.41) is 8.76. The topological polar surface area (TPSA) is 83.9 Å². The van der Waals surface area contributed by atoms with Gasteiger partial charge in [0.1, 0.15) is 11.5 Å². The molecule has 6 heteroatoms. The van der Waals surface area contributed by atoms with Gasteiger partial charge in [-0.15, -0.1) is 0 Å². The third kappa shape index (κ3) is 3.72. The molecule has 1 heterocycles. The number of aliphatic carboxylic acids is 1. The van der Waals surface area contributed by atoms with Gasteiger partial charge in [-0.2, -0.15) is 0 Å². The molecule has 1 unspecified atom stereocenters. The van der Waals surface area contributed by atoms with Crippen LogP contribution >= 0.6 is 0 Å². The monoisotopic (exact) mass is 243 g/mol. The number of nitrogens with zero attached hydrogens (tertiary/aromatic N) is 1. The second-order valence-corrected chi connectivity index (χ2v) is 5.05. The summed E-state index contributed by atoms with van der Waals surface area (Å²) in [6.45, 7) is 5.24. The number of Topliss-reactive ketones (excluding diaryl/α,β-unsaturated/α-hetero) is 1. The molecule has 1 aliphatic heterocycles. The zero-order valence-electron chi connectivity index (χ0n) is 10.2. The smallest absolute Gasteiger partial charge is 0.410 e. The minimum absolute atomic E-state index is 0.146. The molecule has 0 aromatic carbocycles. The van der Waals surface area contributed by atoms with E-state index in [1.54, 1.807) is 20.8 Å². The van der Waals surface area contributed by atoms with Crippen LogP contribution in [0, 0.1) is 5.92 Å². The minimum atomic E-state index is -1.13. The number of carboxylic acids is 1. The Labute approximate surface area is 99.5 Å². The average Bonchev–Trinajstić information content (AvgIpc) is 2.14. The van der Waals surface area contributed by atoms with E-state index in [4.69, 9.17) is 9.84 Å². The van der Waals surface area contributed by atoms with Crippen molar-refractivity contribution in [3.63, 3.8) is 0 Å². The van der Waals surface area contributed by atoms with E-state index in [9.17, 15) is 14.4 Å². The van der Waals surface area contributed by atoms with E-state index in [2.05, 4.69) is 0 Å². The summed E-state index contributed by atoms with van der Waals surface area (Å²) in [5.74, 6) is -2.57. The van der Waals surface area contributed by atoms with E-state index < -0.39 is 29.4 Å². The molecule has 1 aliphatic rings. The first kappa shape index (κ1) is 13.5. The normalized spacial score (nSPS) is 21.2. The fourth-order valence-electron chi connectivity index (χ4n) is 1.57. The van der Waals surface area contributed by atoms with Crippen LogP contribution in [0.5, 0.6) is 0 Å². The third-order valence-corrected chi connectivity index (χ3v) is 2.37. The van der Waals surface area contributed by atoms with Crippen molar-refractivity contribution in [2.45, 2.75) is 32.8 Å². The molecule has 0 saturated carbocycles. The number of carbonyl (C=O) groups excluding carboxylic acids is 2. The molecular weight excluding hydrogens is 226 g/mol. The minimum Gasteiger partial charge on any atom is -0.481 e. The second-order valence-electron chi connectivity index (χ2n) is 5.05. The van der Waals surface area contributed by atoms with Crippen LogP contribution in [-0.2, 0) is 14.3 Å². The maximum absolute atomic E-state index is 11.6. The van der Waals surface area contributed by atoms with Crippen molar-refractivity contribution < 1.29 is 24.2 Å². The lowest BCUT2D eigenvalue weighted by atomic mass is 9.96. The predicted octanol–water partition coefficient (Wildman–Crippen LogP) is 0.897.